The number of rotatable bonds is 18. The van der Waals surface area contributed by atoms with Crippen LogP contribution >= 0.6 is 0 Å². The largest absolute Gasteiger partial charge is 0.544 e. The van der Waals surface area contributed by atoms with E-state index >= 15 is 0 Å². The Morgan fingerprint density at radius 2 is 1.20 bits per heavy atom. The van der Waals surface area contributed by atoms with Crippen LogP contribution < -0.4 is 5.11 Å². The maximum absolute atomic E-state index is 11.7. The molecule has 0 heterocycles. The van der Waals surface area contributed by atoms with Gasteiger partial charge in [0, 0.05) is 0 Å². The molecule has 0 aromatic heterocycles. The number of allylic oxidation sites excluding steroid dienone is 2. The first kappa shape index (κ1) is 28.1. The first-order valence-electron chi connectivity index (χ1n) is 11.3. The molecule has 2 N–H and O–H groups in total. The second kappa shape index (κ2) is 15.0. The van der Waals surface area contributed by atoms with E-state index in [0.717, 1.165) is 38.5 Å². The Balaban J connectivity index is 4.70. The molecule has 3 atom stereocenters. The smallest absolute Gasteiger partial charge is 0.362 e. The molecule has 0 spiro atoms. The van der Waals surface area contributed by atoms with Gasteiger partial charge in [0.1, 0.15) is 6.04 Å². The van der Waals surface area contributed by atoms with Crippen molar-refractivity contribution in [3.8, 4) is 0 Å². The van der Waals surface area contributed by atoms with Crippen molar-refractivity contribution < 1.29 is 34.2 Å². The fraction of sp³-hybridized carbons (Fsp3) is 0.783. The zero-order valence-corrected chi connectivity index (χ0v) is 19.1. The molecular formula is C23H41NO6. The molecule has 0 fully saturated rings. The lowest BCUT2D eigenvalue weighted by atomic mass is 10.00. The Bertz CT molecular complexity index is 510. The molecule has 0 aromatic rings. The normalized spacial score (nSPS) is 16.7. The van der Waals surface area contributed by atoms with Gasteiger partial charge >= 0.3 is 11.9 Å². The average molecular weight is 428 g/mol. The van der Waals surface area contributed by atoms with Crippen LogP contribution in [-0.2, 0) is 14.4 Å². The van der Waals surface area contributed by atoms with Crippen molar-refractivity contribution in [2.75, 3.05) is 6.54 Å². The Morgan fingerprint density at radius 1 is 0.767 bits per heavy atom. The first-order chi connectivity index (χ1) is 14.1. The minimum Gasteiger partial charge on any atom is -0.544 e. The molecule has 7 heteroatoms. The third-order valence-corrected chi connectivity index (χ3v) is 6.29. The Labute approximate surface area is 181 Å². The molecule has 174 valence electrons. The number of carbonyl (C=O) groups is 3. The van der Waals surface area contributed by atoms with Gasteiger partial charge in [-0.2, -0.15) is 0 Å². The van der Waals surface area contributed by atoms with Crippen LogP contribution in [0.15, 0.2) is 12.2 Å². The zero-order valence-electron chi connectivity index (χ0n) is 19.1. The van der Waals surface area contributed by atoms with E-state index in [1.807, 2.05) is 0 Å². The highest BCUT2D eigenvalue weighted by molar-refractivity contribution is 5.76. The summed E-state index contributed by atoms with van der Waals surface area (Å²) in [5.41, 5.74) is 0. The van der Waals surface area contributed by atoms with Gasteiger partial charge in [0.25, 0.3) is 0 Å². The molecule has 0 rings (SSSR count). The SMILES string of the molecule is CC/C=C/CCCCCCCCCC[N+](C(C)C(=O)[O-])(C(C)C(=O)O)C(C)C(=O)O. The van der Waals surface area contributed by atoms with Gasteiger partial charge in [-0.05, 0) is 52.9 Å². The van der Waals surface area contributed by atoms with Crippen LogP contribution in [0.3, 0.4) is 0 Å². The molecular weight excluding hydrogens is 386 g/mol. The molecule has 0 aromatic carbocycles. The van der Waals surface area contributed by atoms with E-state index in [4.69, 9.17) is 0 Å². The molecule has 0 aliphatic carbocycles. The Morgan fingerprint density at radius 3 is 1.60 bits per heavy atom. The van der Waals surface area contributed by atoms with Crippen molar-refractivity contribution in [2.45, 2.75) is 110 Å². The minimum absolute atomic E-state index is 0.180. The van der Waals surface area contributed by atoms with Gasteiger partial charge < -0.3 is 20.1 Å². The van der Waals surface area contributed by atoms with Gasteiger partial charge in [-0.1, -0.05) is 51.2 Å². The number of unbranched alkanes of at least 4 members (excludes halogenated alkanes) is 8. The van der Waals surface area contributed by atoms with Crippen molar-refractivity contribution in [1.29, 1.82) is 0 Å². The lowest BCUT2D eigenvalue weighted by Crippen LogP contribution is -2.72. The van der Waals surface area contributed by atoms with Crippen LogP contribution in [0, 0.1) is 0 Å². The highest BCUT2D eigenvalue weighted by atomic mass is 16.4. The molecule has 0 aliphatic rings. The van der Waals surface area contributed by atoms with Crippen LogP contribution in [0.2, 0.25) is 0 Å². The molecule has 0 saturated heterocycles. The van der Waals surface area contributed by atoms with Gasteiger partial charge in [-0.3, -0.25) is 4.48 Å². The molecule has 0 bridgehead atoms. The number of hydrogen-bond acceptors (Lipinski definition) is 4. The Kier molecular flexibility index (Phi) is 14.0. The maximum Gasteiger partial charge on any atom is 0.362 e. The summed E-state index contributed by atoms with van der Waals surface area (Å²) >= 11 is 0. The van der Waals surface area contributed by atoms with Gasteiger partial charge in [0.15, 0.2) is 12.1 Å². The highest BCUT2D eigenvalue weighted by Gasteiger charge is 2.50. The van der Waals surface area contributed by atoms with Crippen LogP contribution in [0.4, 0.5) is 0 Å². The zero-order chi connectivity index (χ0) is 23.2. The van der Waals surface area contributed by atoms with Crippen LogP contribution in [0.25, 0.3) is 0 Å². The van der Waals surface area contributed by atoms with E-state index in [2.05, 4.69) is 19.1 Å². The van der Waals surface area contributed by atoms with E-state index in [1.54, 1.807) is 0 Å². The number of nitrogens with zero attached hydrogens (tertiary/aromatic N) is 1. The standard InChI is InChI=1S/C23H41NO6/c1-5-6-7-8-9-10-11-12-13-14-15-16-17-24(18(2)21(25)26,19(3)22(27)28)20(4)23(29)30/h6-7,18-20H,5,8-17H2,1-4H3,(H2-,25,26,27,28,29,30)/b7-6+. The quantitative estimate of drug-likeness (QED) is 0.197. The van der Waals surface area contributed by atoms with E-state index in [9.17, 15) is 29.7 Å². The van der Waals surface area contributed by atoms with E-state index in [0.29, 0.717) is 6.42 Å². The average Bonchev–Trinajstić information content (AvgIpc) is 2.70. The molecule has 3 unspecified atom stereocenters. The second-order valence-corrected chi connectivity index (χ2v) is 8.24. The number of carboxylic acids is 3. The van der Waals surface area contributed by atoms with Crippen molar-refractivity contribution >= 4 is 17.9 Å². The van der Waals surface area contributed by atoms with Gasteiger partial charge in [0.2, 0.25) is 0 Å². The van der Waals surface area contributed by atoms with E-state index < -0.39 is 40.5 Å². The van der Waals surface area contributed by atoms with E-state index in [-0.39, 0.29) is 6.54 Å². The Hall–Kier alpha value is -1.89. The summed E-state index contributed by atoms with van der Waals surface area (Å²) in [6.07, 6.45) is 14.8. The summed E-state index contributed by atoms with van der Waals surface area (Å²) in [5.74, 6) is -3.83. The summed E-state index contributed by atoms with van der Waals surface area (Å²) in [6.45, 7) is 6.43. The molecule has 30 heavy (non-hydrogen) atoms. The monoisotopic (exact) mass is 427 g/mol. The summed E-state index contributed by atoms with van der Waals surface area (Å²) < 4.78 is -0.543. The molecule has 0 aliphatic heterocycles. The molecule has 0 saturated carbocycles. The van der Waals surface area contributed by atoms with Gasteiger partial charge in [-0.25, -0.2) is 9.59 Å². The number of aliphatic carboxylic acids is 3. The molecule has 0 amide bonds. The summed E-state index contributed by atoms with van der Waals surface area (Å²) in [4.78, 5) is 35.0. The third-order valence-electron chi connectivity index (χ3n) is 6.29. The summed E-state index contributed by atoms with van der Waals surface area (Å²) in [6, 6.07) is -3.56. The fourth-order valence-electron chi connectivity index (χ4n) is 4.19. The van der Waals surface area contributed by atoms with Crippen molar-refractivity contribution in [2.24, 2.45) is 0 Å². The summed E-state index contributed by atoms with van der Waals surface area (Å²) in [5, 5.41) is 30.7. The van der Waals surface area contributed by atoms with Crippen molar-refractivity contribution in [3.05, 3.63) is 12.2 Å². The van der Waals surface area contributed by atoms with Crippen LogP contribution in [-0.4, -0.2) is 57.3 Å². The minimum atomic E-state index is -1.43. The molecule has 0 radical (unpaired) electrons. The lowest BCUT2D eigenvalue weighted by molar-refractivity contribution is -0.969. The number of carbonyl (C=O) groups excluding carboxylic acids is 1. The van der Waals surface area contributed by atoms with Gasteiger partial charge in [-0.15, -0.1) is 0 Å². The molecule has 7 nitrogen and oxygen atoms in total. The fourth-order valence-corrected chi connectivity index (χ4v) is 4.19. The van der Waals surface area contributed by atoms with Crippen molar-refractivity contribution in [1.82, 2.24) is 0 Å². The van der Waals surface area contributed by atoms with Gasteiger partial charge in [0.05, 0.1) is 12.5 Å². The van der Waals surface area contributed by atoms with E-state index in [1.165, 1.54) is 40.0 Å². The summed E-state index contributed by atoms with van der Waals surface area (Å²) in [7, 11) is 0. The maximum atomic E-state index is 11.7. The second-order valence-electron chi connectivity index (χ2n) is 8.24. The predicted octanol–water partition coefficient (Wildman–Crippen LogP) is 3.36. The third kappa shape index (κ3) is 8.86. The lowest BCUT2D eigenvalue weighted by Gasteiger charge is -2.49. The number of quaternary nitrogens is 1. The number of hydrogen-bond donors (Lipinski definition) is 2. The first-order valence-corrected chi connectivity index (χ1v) is 11.3. The predicted molar refractivity (Wildman–Crippen MR) is 115 cm³/mol. The van der Waals surface area contributed by atoms with Crippen molar-refractivity contribution in [3.63, 3.8) is 0 Å². The topological polar surface area (TPSA) is 115 Å². The number of carboxylic acid groups (broad SMARTS) is 3. The van der Waals surface area contributed by atoms with Crippen LogP contribution in [0.1, 0.15) is 91.9 Å². The highest BCUT2D eigenvalue weighted by Crippen LogP contribution is 2.27. The van der Waals surface area contributed by atoms with Crippen LogP contribution in [0.5, 0.6) is 0 Å².